The van der Waals surface area contributed by atoms with E-state index in [1.807, 2.05) is 64.1 Å². The van der Waals surface area contributed by atoms with Crippen LogP contribution in [0.25, 0.3) is 10.4 Å². The first-order chi connectivity index (χ1) is 46.4. The minimum atomic E-state index is -0.377. The van der Waals surface area contributed by atoms with Gasteiger partial charge in [-0.05, 0) is 163 Å². The van der Waals surface area contributed by atoms with Gasteiger partial charge in [-0.3, -0.25) is 14.4 Å². The maximum atomic E-state index is 12.3. The molecule has 0 aromatic heterocycles. The second kappa shape index (κ2) is 43.7. The zero-order valence-electron chi connectivity index (χ0n) is 61.8. The van der Waals surface area contributed by atoms with Gasteiger partial charge >= 0.3 is 17.9 Å². The molecule has 0 spiro atoms. The molecule has 3 aliphatic heterocycles. The van der Waals surface area contributed by atoms with Crippen molar-refractivity contribution in [3.63, 3.8) is 0 Å². The number of benzene rings is 3. The van der Waals surface area contributed by atoms with E-state index in [9.17, 15) is 19.9 Å². The third-order valence-electron chi connectivity index (χ3n) is 19.3. The number of carbonyl (C=O) groups excluding carboxylic acids is 3. The second-order valence-electron chi connectivity index (χ2n) is 28.3. The maximum absolute atomic E-state index is 12.3. The molecule has 0 radical (unpaired) electrons. The Labute approximate surface area is 579 Å². The van der Waals surface area contributed by atoms with E-state index < -0.39 is 0 Å². The largest absolute Gasteiger partial charge is 0.493 e. The van der Waals surface area contributed by atoms with Crippen LogP contribution in [0.2, 0.25) is 0 Å². The summed E-state index contributed by atoms with van der Waals surface area (Å²) in [4.78, 5) is 39.8. The number of esters is 3. The van der Waals surface area contributed by atoms with Crippen molar-refractivity contribution in [3.8, 4) is 34.5 Å². The number of rotatable bonds is 41. The van der Waals surface area contributed by atoms with E-state index in [1.54, 1.807) is 42.7 Å². The van der Waals surface area contributed by atoms with E-state index in [0.717, 1.165) is 86.2 Å². The molecule has 3 fully saturated rings. The van der Waals surface area contributed by atoms with Crippen LogP contribution < -0.4 is 40.0 Å². The van der Waals surface area contributed by atoms with E-state index in [0.29, 0.717) is 106 Å². The zero-order chi connectivity index (χ0) is 71.7. The lowest BCUT2D eigenvalue weighted by Gasteiger charge is -2.27. The van der Waals surface area contributed by atoms with Crippen LogP contribution in [0.3, 0.4) is 0 Å². The Morgan fingerprint density at radius 3 is 1.08 bits per heavy atom. The fourth-order valence-electron chi connectivity index (χ4n) is 12.8. The Hall–Kier alpha value is -6.58. The zero-order valence-corrected chi connectivity index (χ0v) is 61.8. The fourth-order valence-corrected chi connectivity index (χ4v) is 12.8. The highest BCUT2D eigenvalue weighted by atomic mass is 16.6. The van der Waals surface area contributed by atoms with Crippen molar-refractivity contribution < 1.29 is 71.2 Å². The molecule has 0 bridgehead atoms. The lowest BCUT2D eigenvalue weighted by molar-refractivity contribution is -0.146. The van der Waals surface area contributed by atoms with Crippen molar-refractivity contribution in [1.29, 1.82) is 0 Å². The molecule has 0 saturated carbocycles. The van der Waals surface area contributed by atoms with Crippen LogP contribution in [0.4, 0.5) is 0 Å². The standard InChI is InChI=1S/C25H41N3O5.C25H39N3O5.C25H41NO5/c2*1-16(2)19(14-21(27-28-26)23-15-20(17(3)4)25(29)33-23)12-18-8-9-22(31-6)24(13-18)32-11-7-10-30-5;1-16(2)19(14-21(26)23-15-20(17(3)4)25(27)31-23)12-18-8-9-22(29-6)24(13-18)30-11-7-10-28-5/h8-9,13,16-17,19-21,23H,7,10-12,14-15H2,1-6H3,(H2,26,27);8-9,13,16-17,19-21,23H,7,10-12,14-15H2,1-6H3;8-9,13,16-17,19-21,23H,7,10-12,14-15,26H2,1-6H3/t3*19-,20-,21-,23-/m000/s1. The molecule has 0 aliphatic carbocycles. The SMILES string of the molecule is COCCCOc1cc(C[C@@H](C[C@H](N)[C@@H]2C[C@@H](C(C)C)C(=O)O2)C(C)C)ccc1OC.COCCCOc1cc(C[C@@H](C[C@H](N=NN)[C@@H]2C[C@@H](C(C)C)C(=O)O2)C(C)C)ccc1OC.COCCCOc1cc(C[C@@H](C[C@H](N=[N+]=[N-])[C@@H]2C[C@@H](C(C)C)C(=O)O2)C(C)C)ccc1OC. The summed E-state index contributed by atoms with van der Waals surface area (Å²) in [5, 5.41) is 11.9. The molecule has 546 valence electrons. The van der Waals surface area contributed by atoms with Gasteiger partial charge in [0.1, 0.15) is 24.4 Å². The number of hydrogen-bond donors (Lipinski definition) is 2. The third-order valence-corrected chi connectivity index (χ3v) is 19.3. The summed E-state index contributed by atoms with van der Waals surface area (Å²) in [5.74, 6) is 11.9. The number of nitrogens with zero attached hydrogens (tertiary/aromatic N) is 5. The number of methoxy groups -OCH3 is 6. The van der Waals surface area contributed by atoms with Crippen molar-refractivity contribution in [3.05, 3.63) is 81.7 Å². The van der Waals surface area contributed by atoms with Crippen LogP contribution in [0, 0.1) is 71.0 Å². The number of ether oxygens (including phenoxy) is 12. The highest BCUT2D eigenvalue weighted by Gasteiger charge is 2.44. The molecule has 6 rings (SSSR count). The maximum Gasteiger partial charge on any atom is 0.309 e. The summed E-state index contributed by atoms with van der Waals surface area (Å²) in [6.45, 7) is 29.1. The molecule has 3 aromatic rings. The van der Waals surface area contributed by atoms with Crippen molar-refractivity contribution in [2.45, 2.75) is 197 Å². The average Bonchev–Trinajstić information content (AvgIpc) is 1.78. The Morgan fingerprint density at radius 2 is 0.784 bits per heavy atom. The summed E-state index contributed by atoms with van der Waals surface area (Å²) in [7, 11) is 9.97. The molecular formula is C75H121N7O15. The summed E-state index contributed by atoms with van der Waals surface area (Å²) < 4.78 is 66.4. The van der Waals surface area contributed by atoms with Crippen LogP contribution in [-0.2, 0) is 62.1 Å². The number of azide groups is 1. The van der Waals surface area contributed by atoms with Crippen molar-refractivity contribution in [2.24, 2.45) is 98.0 Å². The first kappa shape index (κ1) is 82.8. The molecule has 3 heterocycles. The fraction of sp³-hybridized carbons (Fsp3) is 0.720. The minimum absolute atomic E-state index is 0.0343. The van der Waals surface area contributed by atoms with Gasteiger partial charge in [-0.2, -0.15) is 5.11 Å². The number of carbonyl (C=O) groups is 3. The first-order valence-electron chi connectivity index (χ1n) is 35.2. The molecule has 3 aliphatic rings. The minimum Gasteiger partial charge on any atom is -0.493 e. The van der Waals surface area contributed by atoms with Crippen molar-refractivity contribution in [2.75, 3.05) is 82.3 Å². The van der Waals surface area contributed by atoms with Gasteiger partial charge in [-0.15, -0.1) is 0 Å². The smallest absolute Gasteiger partial charge is 0.309 e. The van der Waals surface area contributed by atoms with Crippen molar-refractivity contribution >= 4 is 17.9 Å². The predicted molar refractivity (Wildman–Crippen MR) is 377 cm³/mol. The highest BCUT2D eigenvalue weighted by Crippen LogP contribution is 2.40. The molecule has 3 saturated heterocycles. The molecule has 22 nitrogen and oxygen atoms in total. The van der Waals surface area contributed by atoms with Gasteiger partial charge in [0.25, 0.3) is 0 Å². The first-order valence-corrected chi connectivity index (χ1v) is 35.2. The number of hydrogen-bond acceptors (Lipinski definition) is 19. The monoisotopic (exact) mass is 1360 g/mol. The molecule has 0 unspecified atom stereocenters. The van der Waals surface area contributed by atoms with Gasteiger partial charge in [-0.25, -0.2) is 0 Å². The molecule has 4 N–H and O–H groups in total. The molecule has 0 amide bonds. The van der Waals surface area contributed by atoms with Gasteiger partial charge in [0, 0.05) is 77.8 Å². The number of cyclic esters (lactones) is 3. The highest BCUT2D eigenvalue weighted by molar-refractivity contribution is 5.76. The van der Waals surface area contributed by atoms with Crippen LogP contribution in [-0.4, -0.2) is 137 Å². The van der Waals surface area contributed by atoms with E-state index in [2.05, 4.69) is 94.0 Å². The molecular weight excluding hydrogens is 1240 g/mol. The molecule has 97 heavy (non-hydrogen) atoms. The van der Waals surface area contributed by atoms with Gasteiger partial charge < -0.3 is 68.4 Å². The van der Waals surface area contributed by atoms with E-state index in [4.69, 9.17) is 68.4 Å². The number of nitrogens with two attached hydrogens (primary N) is 2. The summed E-state index contributed by atoms with van der Waals surface area (Å²) in [6, 6.07) is 17.4. The Kier molecular flexibility index (Phi) is 37.4. The van der Waals surface area contributed by atoms with Crippen LogP contribution >= 0.6 is 0 Å². The lowest BCUT2D eigenvalue weighted by atomic mass is 9.82. The van der Waals surface area contributed by atoms with Crippen molar-refractivity contribution in [1.82, 2.24) is 0 Å². The Bertz CT molecular complexity index is 2870. The van der Waals surface area contributed by atoms with Gasteiger partial charge in [-0.1, -0.05) is 112 Å². The predicted octanol–water partition coefficient (Wildman–Crippen LogP) is 14.4. The van der Waals surface area contributed by atoms with Crippen LogP contribution in [0.5, 0.6) is 34.5 Å². The molecule has 12 atom stereocenters. The second-order valence-corrected chi connectivity index (χ2v) is 28.3. The van der Waals surface area contributed by atoms with Crippen LogP contribution in [0.1, 0.15) is 158 Å². The van der Waals surface area contributed by atoms with Crippen LogP contribution in [0.15, 0.2) is 70.0 Å². The summed E-state index contributed by atoms with van der Waals surface area (Å²) >= 11 is 0. The van der Waals surface area contributed by atoms with Gasteiger partial charge in [0.15, 0.2) is 34.5 Å². The summed E-state index contributed by atoms with van der Waals surface area (Å²) in [5.41, 5.74) is 19.2. The van der Waals surface area contributed by atoms with E-state index in [1.165, 1.54) is 5.56 Å². The topological polar surface area (TPSA) is 287 Å². The van der Waals surface area contributed by atoms with Gasteiger partial charge in [0.05, 0.1) is 64.9 Å². The third kappa shape index (κ3) is 27.2. The average molecular weight is 1360 g/mol. The molecule has 22 heteroatoms. The quantitative estimate of drug-likeness (QED) is 0.00780. The van der Waals surface area contributed by atoms with Gasteiger partial charge in [0.2, 0.25) is 0 Å². The Balaban J connectivity index is 0.000000309. The molecule has 3 aromatic carbocycles. The normalized spacial score (nSPS) is 20.3. The lowest BCUT2D eigenvalue weighted by Crippen LogP contribution is -2.37. The Morgan fingerprint density at radius 1 is 0.464 bits per heavy atom. The summed E-state index contributed by atoms with van der Waals surface area (Å²) in [6.07, 6.45) is 8.30. The van der Waals surface area contributed by atoms with E-state index >= 15 is 0 Å². The van der Waals surface area contributed by atoms with E-state index in [-0.39, 0.29) is 95.8 Å².